The van der Waals surface area contributed by atoms with Crippen molar-refractivity contribution in [3.05, 3.63) is 0 Å². The molecule has 1 rings (SSSR count). The van der Waals surface area contributed by atoms with Crippen LogP contribution in [0.2, 0.25) is 0 Å². The minimum Gasteiger partial charge on any atom is -0.351 e. The average molecular weight is 240 g/mol. The van der Waals surface area contributed by atoms with E-state index in [0.717, 1.165) is 0 Å². The molecule has 0 radical (unpaired) electrons. The maximum Gasteiger partial charge on any atom is 0.222 e. The third-order valence-corrected chi connectivity index (χ3v) is 4.51. The lowest BCUT2D eigenvalue weighted by atomic mass is 10.2. The first-order valence-corrected chi connectivity index (χ1v) is 6.72. The normalized spacial score (nSPS) is 30.6. The van der Waals surface area contributed by atoms with Gasteiger partial charge in [-0.2, -0.15) is 0 Å². The van der Waals surface area contributed by atoms with E-state index in [2.05, 4.69) is 5.32 Å². The largest absolute Gasteiger partial charge is 0.351 e. The van der Waals surface area contributed by atoms with Gasteiger partial charge in [0, 0.05) is 5.92 Å². The Morgan fingerprint density at radius 2 is 2.00 bits per heavy atom. The molecule has 14 heavy (non-hydrogen) atoms. The first-order valence-electron chi connectivity index (χ1n) is 4.46. The summed E-state index contributed by atoms with van der Waals surface area (Å²) in [5.41, 5.74) is 0. The molecule has 0 aromatic rings. The van der Waals surface area contributed by atoms with Crippen LogP contribution < -0.4 is 5.32 Å². The summed E-state index contributed by atoms with van der Waals surface area (Å²) >= 11 is 5.82. The van der Waals surface area contributed by atoms with E-state index in [0.29, 0.717) is 0 Å². The lowest BCUT2D eigenvalue weighted by Crippen LogP contribution is -2.42. The number of halogens is 1. The molecule has 82 valence electrons. The van der Waals surface area contributed by atoms with Gasteiger partial charge in [-0.3, -0.25) is 4.79 Å². The van der Waals surface area contributed by atoms with Crippen LogP contribution >= 0.6 is 11.6 Å². The van der Waals surface area contributed by atoms with E-state index in [-0.39, 0.29) is 23.3 Å². The number of hydrogen-bond donors (Lipinski definition) is 1. The molecule has 0 aliphatic carbocycles. The van der Waals surface area contributed by atoms with Crippen molar-refractivity contribution < 1.29 is 13.2 Å². The van der Waals surface area contributed by atoms with Crippen molar-refractivity contribution in [2.45, 2.75) is 25.3 Å². The number of sulfone groups is 1. The molecule has 0 aromatic heterocycles. The summed E-state index contributed by atoms with van der Waals surface area (Å²) < 4.78 is 22.3. The Morgan fingerprint density at radius 3 is 2.36 bits per heavy atom. The smallest absolute Gasteiger partial charge is 0.222 e. The van der Waals surface area contributed by atoms with Crippen molar-refractivity contribution in [3.8, 4) is 0 Å². The molecular weight excluding hydrogens is 226 g/mol. The quantitative estimate of drug-likeness (QED) is 0.699. The molecule has 4 nitrogen and oxygen atoms in total. The van der Waals surface area contributed by atoms with Gasteiger partial charge in [0.15, 0.2) is 9.84 Å². The molecule has 0 saturated carbocycles. The van der Waals surface area contributed by atoms with Gasteiger partial charge in [-0.15, -0.1) is 11.6 Å². The van der Waals surface area contributed by atoms with E-state index >= 15 is 0 Å². The average Bonchev–Trinajstić information content (AvgIpc) is 2.24. The van der Waals surface area contributed by atoms with Crippen LogP contribution in [0, 0.1) is 5.92 Å². The van der Waals surface area contributed by atoms with Gasteiger partial charge in [0.05, 0.1) is 22.9 Å². The number of carbonyl (C=O) groups is 1. The molecule has 1 aliphatic rings. The lowest BCUT2D eigenvalue weighted by Gasteiger charge is -2.15. The van der Waals surface area contributed by atoms with Gasteiger partial charge in [-0.1, -0.05) is 13.8 Å². The first-order chi connectivity index (χ1) is 6.32. The number of hydrogen-bond acceptors (Lipinski definition) is 3. The highest BCUT2D eigenvalue weighted by Crippen LogP contribution is 2.18. The topological polar surface area (TPSA) is 63.2 Å². The molecular formula is C8H14ClNO3S. The highest BCUT2D eigenvalue weighted by molar-refractivity contribution is 7.91. The maximum absolute atomic E-state index is 11.3. The summed E-state index contributed by atoms with van der Waals surface area (Å²) in [7, 11) is -3.06. The molecule has 1 heterocycles. The molecule has 2 atom stereocenters. The molecule has 1 saturated heterocycles. The van der Waals surface area contributed by atoms with Crippen molar-refractivity contribution >= 4 is 27.3 Å². The summed E-state index contributed by atoms with van der Waals surface area (Å²) in [4.78, 5) is 11.3. The zero-order valence-electron chi connectivity index (χ0n) is 8.16. The van der Waals surface area contributed by atoms with E-state index in [1.54, 1.807) is 13.8 Å². The molecule has 1 N–H and O–H groups in total. The number of alkyl halides is 1. The van der Waals surface area contributed by atoms with Crippen LogP contribution in [0.4, 0.5) is 0 Å². The second-order valence-electron chi connectivity index (χ2n) is 3.86. The second kappa shape index (κ2) is 4.06. The van der Waals surface area contributed by atoms with E-state index in [1.807, 2.05) is 0 Å². The number of rotatable bonds is 2. The lowest BCUT2D eigenvalue weighted by molar-refractivity contribution is -0.124. The Bertz CT molecular complexity index is 325. The summed E-state index contributed by atoms with van der Waals surface area (Å²) in [6.45, 7) is 3.50. The Hall–Kier alpha value is -0.290. The summed E-state index contributed by atoms with van der Waals surface area (Å²) in [5, 5.41) is 2.14. The second-order valence-corrected chi connectivity index (χ2v) is 6.58. The SMILES string of the molecule is CC(C)C(=O)N[C@H]1CS(=O)(=O)C[C@H]1Cl. The maximum atomic E-state index is 11.3. The fraction of sp³-hybridized carbons (Fsp3) is 0.875. The fourth-order valence-electron chi connectivity index (χ4n) is 1.29. The van der Waals surface area contributed by atoms with Gasteiger partial charge >= 0.3 is 0 Å². The number of nitrogens with one attached hydrogen (secondary N) is 1. The highest BCUT2D eigenvalue weighted by atomic mass is 35.5. The van der Waals surface area contributed by atoms with Crippen LogP contribution in [0.15, 0.2) is 0 Å². The molecule has 1 amide bonds. The van der Waals surface area contributed by atoms with Crippen LogP contribution in [0.3, 0.4) is 0 Å². The molecule has 1 aliphatic heterocycles. The predicted octanol–water partition coefficient (Wildman–Crippen LogP) is 0.163. The Labute approximate surface area is 88.9 Å². The molecule has 1 fully saturated rings. The van der Waals surface area contributed by atoms with Crippen LogP contribution in [-0.2, 0) is 14.6 Å². The third kappa shape index (κ3) is 2.85. The summed E-state index contributed by atoms with van der Waals surface area (Å²) in [6, 6.07) is -0.434. The van der Waals surface area contributed by atoms with Crippen molar-refractivity contribution in [3.63, 3.8) is 0 Å². The van der Waals surface area contributed by atoms with Crippen molar-refractivity contribution in [2.24, 2.45) is 5.92 Å². The van der Waals surface area contributed by atoms with Crippen LogP contribution in [0.1, 0.15) is 13.8 Å². The van der Waals surface area contributed by atoms with Crippen LogP contribution in [-0.4, -0.2) is 37.2 Å². The van der Waals surface area contributed by atoms with Crippen molar-refractivity contribution in [1.29, 1.82) is 0 Å². The van der Waals surface area contributed by atoms with E-state index < -0.39 is 21.3 Å². The van der Waals surface area contributed by atoms with E-state index in [1.165, 1.54) is 0 Å². The minimum absolute atomic E-state index is 0.0420. The van der Waals surface area contributed by atoms with Gasteiger partial charge in [-0.05, 0) is 0 Å². The molecule has 0 bridgehead atoms. The van der Waals surface area contributed by atoms with E-state index in [4.69, 9.17) is 11.6 Å². The van der Waals surface area contributed by atoms with Gasteiger partial charge in [0.2, 0.25) is 5.91 Å². The summed E-state index contributed by atoms with van der Waals surface area (Å²) in [6.07, 6.45) is 0. The number of carbonyl (C=O) groups excluding carboxylic acids is 1. The highest BCUT2D eigenvalue weighted by Gasteiger charge is 2.37. The minimum atomic E-state index is -3.06. The van der Waals surface area contributed by atoms with E-state index in [9.17, 15) is 13.2 Å². The standard InChI is InChI=1S/C8H14ClNO3S/c1-5(2)8(11)10-7-4-14(12,13)3-6(7)9/h5-7H,3-4H2,1-2H3,(H,10,11)/t6-,7+/m1/s1. The molecule has 0 spiro atoms. The van der Waals surface area contributed by atoms with Gasteiger partial charge < -0.3 is 5.32 Å². The summed E-state index contributed by atoms with van der Waals surface area (Å²) in [5.74, 6) is -0.392. The first kappa shape index (κ1) is 11.8. The Morgan fingerprint density at radius 1 is 1.43 bits per heavy atom. The monoisotopic (exact) mass is 239 g/mol. The van der Waals surface area contributed by atoms with Crippen molar-refractivity contribution in [2.75, 3.05) is 11.5 Å². The van der Waals surface area contributed by atoms with Gasteiger partial charge in [0.1, 0.15) is 0 Å². The van der Waals surface area contributed by atoms with Crippen LogP contribution in [0.25, 0.3) is 0 Å². The predicted molar refractivity (Wildman–Crippen MR) is 55.1 cm³/mol. The molecule has 0 unspecified atom stereocenters. The Kier molecular flexibility index (Phi) is 3.42. The molecule has 6 heteroatoms. The van der Waals surface area contributed by atoms with Crippen molar-refractivity contribution in [1.82, 2.24) is 5.32 Å². The van der Waals surface area contributed by atoms with Gasteiger partial charge in [-0.25, -0.2) is 8.42 Å². The fourth-order valence-corrected chi connectivity index (χ4v) is 3.84. The number of amides is 1. The van der Waals surface area contributed by atoms with Gasteiger partial charge in [0.25, 0.3) is 0 Å². The third-order valence-electron chi connectivity index (χ3n) is 2.14. The van der Waals surface area contributed by atoms with Crippen LogP contribution in [0.5, 0.6) is 0 Å². The zero-order valence-corrected chi connectivity index (χ0v) is 9.73. The molecule has 0 aromatic carbocycles. The Balaban J connectivity index is 2.60. The zero-order chi connectivity index (χ0) is 10.9.